The Morgan fingerprint density at radius 3 is 2.17 bits per heavy atom. The minimum absolute atomic E-state index is 0.0171. The van der Waals surface area contributed by atoms with Crippen molar-refractivity contribution in [3.05, 3.63) is 19.1 Å². The summed E-state index contributed by atoms with van der Waals surface area (Å²) in [4.78, 5) is 33.8. The first kappa shape index (κ1) is 22.6. The van der Waals surface area contributed by atoms with E-state index < -0.39 is 0 Å². The second kappa shape index (κ2) is 15.2. The molecule has 0 aliphatic carbocycles. The van der Waals surface area contributed by atoms with Crippen LogP contribution >= 0.6 is 45.2 Å². The molecule has 0 aromatic heterocycles. The summed E-state index contributed by atoms with van der Waals surface area (Å²) in [6, 6.07) is 0. The van der Waals surface area contributed by atoms with Crippen molar-refractivity contribution >= 4 is 63.1 Å². The van der Waals surface area contributed by atoms with Gasteiger partial charge in [-0.3, -0.25) is 14.4 Å². The van der Waals surface area contributed by atoms with Gasteiger partial charge >= 0.3 is 17.9 Å². The van der Waals surface area contributed by atoms with E-state index in [1.54, 1.807) is 0 Å². The van der Waals surface area contributed by atoms with Crippen molar-refractivity contribution < 1.29 is 28.6 Å². The van der Waals surface area contributed by atoms with E-state index in [1.807, 2.05) is 51.6 Å². The van der Waals surface area contributed by atoms with Crippen LogP contribution in [0, 0.1) is 12.3 Å². The second-order valence-electron chi connectivity index (χ2n) is 4.53. The molecule has 23 heavy (non-hydrogen) atoms. The molecule has 0 saturated carbocycles. The molecule has 0 rings (SSSR count). The molecule has 0 aliphatic rings. The van der Waals surface area contributed by atoms with Crippen LogP contribution in [0.2, 0.25) is 0 Å². The Morgan fingerprint density at radius 1 is 0.957 bits per heavy atom. The van der Waals surface area contributed by atoms with Gasteiger partial charge in [-0.1, -0.05) is 57.8 Å². The van der Waals surface area contributed by atoms with Crippen LogP contribution in [0.5, 0.6) is 0 Å². The quantitative estimate of drug-likeness (QED) is 0.0876. The third kappa shape index (κ3) is 13.7. The zero-order valence-electron chi connectivity index (χ0n) is 12.8. The van der Waals surface area contributed by atoms with E-state index in [2.05, 4.69) is 6.58 Å². The number of hydrogen-bond donors (Lipinski definition) is 0. The molecule has 0 saturated heterocycles. The predicted octanol–water partition coefficient (Wildman–Crippen LogP) is 2.66. The third-order valence-electron chi connectivity index (χ3n) is 2.68. The molecular weight excluding hydrogens is 530 g/mol. The van der Waals surface area contributed by atoms with Crippen molar-refractivity contribution in [3.63, 3.8) is 0 Å². The first-order valence-electron chi connectivity index (χ1n) is 7.04. The lowest BCUT2D eigenvalue weighted by Gasteiger charge is -2.16. The van der Waals surface area contributed by atoms with Gasteiger partial charge in [0.25, 0.3) is 0 Å². The minimum Gasteiger partial charge on any atom is -0.465 e. The lowest BCUT2D eigenvalue weighted by molar-refractivity contribution is -0.143. The molecule has 0 aromatic carbocycles. The first-order valence-corrected chi connectivity index (χ1v) is 10.1. The maximum absolute atomic E-state index is 11.5. The highest BCUT2D eigenvalue weighted by atomic mass is 127. The van der Waals surface area contributed by atoms with E-state index in [1.165, 1.54) is 6.08 Å². The van der Waals surface area contributed by atoms with Crippen molar-refractivity contribution in [2.24, 2.45) is 5.92 Å². The van der Waals surface area contributed by atoms with Crippen LogP contribution in [0.15, 0.2) is 12.7 Å². The van der Waals surface area contributed by atoms with Gasteiger partial charge < -0.3 is 14.2 Å². The van der Waals surface area contributed by atoms with E-state index in [4.69, 9.17) is 14.2 Å². The number of halogens is 2. The van der Waals surface area contributed by atoms with Crippen molar-refractivity contribution in [1.29, 1.82) is 0 Å². The zero-order chi connectivity index (χ0) is 17.5. The molecule has 1 radical (unpaired) electrons. The Balaban J connectivity index is 4.16. The lowest BCUT2D eigenvalue weighted by Crippen LogP contribution is -2.18. The van der Waals surface area contributed by atoms with Gasteiger partial charge in [-0.25, -0.2) is 0 Å². The molecule has 0 bridgehead atoms. The van der Waals surface area contributed by atoms with Crippen LogP contribution in [0.1, 0.15) is 19.3 Å². The molecule has 1 unspecified atom stereocenters. The third-order valence-corrected chi connectivity index (χ3v) is 3.92. The maximum atomic E-state index is 11.5. The fourth-order valence-corrected chi connectivity index (χ4v) is 2.00. The van der Waals surface area contributed by atoms with Gasteiger partial charge in [0.2, 0.25) is 0 Å². The molecule has 0 spiro atoms. The molecule has 0 N–H and O–H groups in total. The van der Waals surface area contributed by atoms with Crippen LogP contribution in [0.3, 0.4) is 0 Å². The van der Waals surface area contributed by atoms with Crippen LogP contribution in [-0.2, 0) is 28.6 Å². The van der Waals surface area contributed by atoms with Gasteiger partial charge in [-0.05, 0) is 25.2 Å². The monoisotopic (exact) mass is 551 g/mol. The Kier molecular flexibility index (Phi) is 14.9. The average molecular weight is 551 g/mol. The largest absolute Gasteiger partial charge is 0.465 e. The molecule has 0 amide bonds. The van der Waals surface area contributed by atoms with E-state index in [9.17, 15) is 14.4 Å². The van der Waals surface area contributed by atoms with Gasteiger partial charge in [0.05, 0.1) is 22.1 Å². The molecule has 0 aromatic rings. The standard InChI is InChI=1S/C15H21I2O6/c1-2-7-21-13(18)6-5-12(11-23-15(20)10-17)4-3-8-22-14(19)9-16/h2-3,12H,1,4-11H2. The lowest BCUT2D eigenvalue weighted by atomic mass is 9.98. The number of carbonyl (C=O) groups is 3. The first-order chi connectivity index (χ1) is 11.0. The number of carbonyl (C=O) groups excluding carboxylic acids is 3. The number of alkyl halides is 2. The Hall–Kier alpha value is -0.390. The van der Waals surface area contributed by atoms with Gasteiger partial charge in [-0.2, -0.15) is 0 Å². The molecule has 131 valence electrons. The van der Waals surface area contributed by atoms with E-state index in [0.717, 1.165) is 0 Å². The molecule has 0 aliphatic heterocycles. The van der Waals surface area contributed by atoms with Gasteiger partial charge in [0.1, 0.15) is 6.61 Å². The molecule has 6 nitrogen and oxygen atoms in total. The molecule has 0 fully saturated rings. The summed E-state index contributed by atoms with van der Waals surface area (Å²) < 4.78 is 15.6. The van der Waals surface area contributed by atoms with E-state index in [-0.39, 0.29) is 54.5 Å². The summed E-state index contributed by atoms with van der Waals surface area (Å²) >= 11 is 3.86. The average Bonchev–Trinajstić information content (AvgIpc) is 2.57. The second-order valence-corrected chi connectivity index (χ2v) is 6.06. The zero-order valence-corrected chi connectivity index (χ0v) is 17.1. The van der Waals surface area contributed by atoms with Gasteiger partial charge in [0, 0.05) is 6.42 Å². The van der Waals surface area contributed by atoms with Crippen LogP contribution in [-0.4, -0.2) is 46.6 Å². The highest BCUT2D eigenvalue weighted by Gasteiger charge is 2.15. The Bertz CT molecular complexity index is 386. The Morgan fingerprint density at radius 2 is 1.57 bits per heavy atom. The fraction of sp³-hybridized carbons (Fsp3) is 0.600. The summed E-state index contributed by atoms with van der Waals surface area (Å²) in [5.41, 5.74) is 0. The number of esters is 3. The van der Waals surface area contributed by atoms with Crippen LogP contribution < -0.4 is 0 Å². The number of ether oxygens (including phenoxy) is 3. The van der Waals surface area contributed by atoms with Crippen molar-refractivity contribution in [2.75, 3.05) is 28.7 Å². The van der Waals surface area contributed by atoms with Crippen LogP contribution in [0.25, 0.3) is 0 Å². The Labute approximate surface area is 164 Å². The van der Waals surface area contributed by atoms with Gasteiger partial charge in [-0.15, -0.1) is 0 Å². The summed E-state index contributed by atoms with van der Waals surface area (Å²) in [7, 11) is 0. The number of hydrogen-bond acceptors (Lipinski definition) is 6. The fourth-order valence-electron chi connectivity index (χ4n) is 1.56. The molecule has 1 atom stereocenters. The topological polar surface area (TPSA) is 78.9 Å². The maximum Gasteiger partial charge on any atom is 0.315 e. The molecular formula is C15H21I2O6. The smallest absolute Gasteiger partial charge is 0.315 e. The minimum atomic E-state index is -0.313. The van der Waals surface area contributed by atoms with E-state index in [0.29, 0.717) is 17.3 Å². The highest BCUT2D eigenvalue weighted by molar-refractivity contribution is 14.1. The number of rotatable bonds is 13. The molecule has 8 heteroatoms. The summed E-state index contributed by atoms with van der Waals surface area (Å²) in [5.74, 6) is -0.896. The van der Waals surface area contributed by atoms with Crippen molar-refractivity contribution in [1.82, 2.24) is 0 Å². The summed E-state index contributed by atoms with van der Waals surface area (Å²) in [6.07, 6.45) is 4.66. The van der Waals surface area contributed by atoms with Crippen molar-refractivity contribution in [3.8, 4) is 0 Å². The normalized spacial score (nSPS) is 11.4. The van der Waals surface area contributed by atoms with E-state index >= 15 is 0 Å². The van der Waals surface area contributed by atoms with Crippen LogP contribution in [0.4, 0.5) is 0 Å². The summed E-state index contributed by atoms with van der Waals surface area (Å²) in [6.45, 7) is 4.10. The predicted molar refractivity (Wildman–Crippen MR) is 102 cm³/mol. The SMILES string of the molecule is C=CCOC(=O)CCC(C[CH]COC(=O)CI)COC(=O)CI. The highest BCUT2D eigenvalue weighted by Crippen LogP contribution is 2.15. The molecule has 0 heterocycles. The van der Waals surface area contributed by atoms with Crippen molar-refractivity contribution in [2.45, 2.75) is 19.3 Å². The summed E-state index contributed by atoms with van der Waals surface area (Å²) in [5, 5.41) is 0. The van der Waals surface area contributed by atoms with Gasteiger partial charge in [0.15, 0.2) is 0 Å².